The maximum absolute atomic E-state index is 5.72. The van der Waals surface area contributed by atoms with Crippen LogP contribution < -0.4 is 11.3 Å². The molecule has 5 heteroatoms. The van der Waals surface area contributed by atoms with Gasteiger partial charge in [-0.25, -0.2) is 4.98 Å². The Morgan fingerprint density at radius 2 is 2.19 bits per heavy atom. The van der Waals surface area contributed by atoms with Crippen LogP contribution >= 0.6 is 11.6 Å². The van der Waals surface area contributed by atoms with Crippen LogP contribution in [0.4, 0.5) is 0 Å². The highest BCUT2D eigenvalue weighted by Crippen LogP contribution is 2.05. The van der Waals surface area contributed by atoms with Crippen LogP contribution in [0.5, 0.6) is 0 Å². The van der Waals surface area contributed by atoms with Crippen LogP contribution in [0.25, 0.3) is 0 Å². The minimum Gasteiger partial charge on any atom is -0.327 e. The van der Waals surface area contributed by atoms with Crippen LogP contribution in [0.2, 0.25) is 5.15 Å². The normalized spacial score (nSPS) is 11.7. The number of aromatic nitrogens is 2. The van der Waals surface area contributed by atoms with Crippen molar-refractivity contribution in [2.75, 3.05) is 0 Å². The molecule has 16 heavy (non-hydrogen) atoms. The molecule has 2 N–H and O–H groups in total. The second-order valence-corrected chi connectivity index (χ2v) is 3.69. The van der Waals surface area contributed by atoms with E-state index < -0.39 is 0 Å². The number of pyridine rings is 2. The molecule has 2 aromatic heterocycles. The molecule has 0 radical (unpaired) electrons. The molecule has 0 bridgehead atoms. The summed E-state index contributed by atoms with van der Waals surface area (Å²) in [5, 5.41) is 4.19. The van der Waals surface area contributed by atoms with E-state index in [1.807, 2.05) is 35.0 Å². The minimum absolute atomic E-state index is 0.491. The first-order valence-corrected chi connectivity index (χ1v) is 5.17. The van der Waals surface area contributed by atoms with Gasteiger partial charge in [0.15, 0.2) is 5.49 Å². The average molecular weight is 235 g/mol. The van der Waals surface area contributed by atoms with E-state index in [0.717, 1.165) is 11.1 Å². The molecular formula is C11H11ClN4. The monoisotopic (exact) mass is 234 g/mol. The first-order valence-electron chi connectivity index (χ1n) is 4.79. The molecular weight excluding hydrogens is 224 g/mol. The molecule has 0 saturated heterocycles. The smallest absolute Gasteiger partial charge is 0.152 e. The molecule has 4 nitrogen and oxygen atoms in total. The Hall–Kier alpha value is -1.81. The molecule has 82 valence electrons. The molecule has 0 aliphatic carbocycles. The van der Waals surface area contributed by atoms with Gasteiger partial charge in [-0.3, -0.25) is 0 Å². The predicted molar refractivity (Wildman–Crippen MR) is 62.5 cm³/mol. The van der Waals surface area contributed by atoms with Gasteiger partial charge in [-0.05, 0) is 23.8 Å². The Morgan fingerprint density at radius 3 is 2.88 bits per heavy atom. The van der Waals surface area contributed by atoms with E-state index >= 15 is 0 Å². The van der Waals surface area contributed by atoms with Crippen molar-refractivity contribution in [3.63, 3.8) is 0 Å². The van der Waals surface area contributed by atoms with Gasteiger partial charge in [0.25, 0.3) is 0 Å². The van der Waals surface area contributed by atoms with E-state index in [2.05, 4.69) is 10.1 Å². The third kappa shape index (κ3) is 2.41. The number of hydrogen-bond donors (Lipinski definition) is 1. The molecule has 0 saturated carbocycles. The lowest BCUT2D eigenvalue weighted by molar-refractivity contribution is 0.730. The van der Waals surface area contributed by atoms with Crippen molar-refractivity contribution in [1.82, 2.24) is 9.55 Å². The standard InChI is InChI=1S/C11H11ClN4/c12-10-5-4-9(7-14-10)8-16-6-2-1-3-11(16)15-13/h1-7H,8,13H2. The van der Waals surface area contributed by atoms with E-state index in [9.17, 15) is 0 Å². The van der Waals surface area contributed by atoms with Crippen molar-refractivity contribution >= 4 is 11.6 Å². The van der Waals surface area contributed by atoms with Gasteiger partial charge in [-0.2, -0.15) is 5.10 Å². The van der Waals surface area contributed by atoms with Crippen molar-refractivity contribution in [2.45, 2.75) is 6.54 Å². The Kier molecular flexibility index (Phi) is 3.22. The lowest BCUT2D eigenvalue weighted by Gasteiger charge is -2.06. The van der Waals surface area contributed by atoms with Gasteiger partial charge < -0.3 is 10.4 Å². The predicted octanol–water partition coefficient (Wildman–Crippen LogP) is 1.36. The third-order valence-corrected chi connectivity index (χ3v) is 2.41. The van der Waals surface area contributed by atoms with Crippen LogP contribution in [-0.4, -0.2) is 9.55 Å². The third-order valence-electron chi connectivity index (χ3n) is 2.19. The fraction of sp³-hybridized carbons (Fsp3) is 0.0909. The fourth-order valence-corrected chi connectivity index (χ4v) is 1.53. The summed E-state index contributed by atoms with van der Waals surface area (Å²) in [7, 11) is 0. The van der Waals surface area contributed by atoms with Gasteiger partial charge >= 0.3 is 0 Å². The number of halogens is 1. The van der Waals surface area contributed by atoms with Gasteiger partial charge in [0.2, 0.25) is 0 Å². The number of rotatable bonds is 2. The first-order chi connectivity index (χ1) is 7.79. The van der Waals surface area contributed by atoms with Gasteiger partial charge in [0.1, 0.15) is 5.15 Å². The van der Waals surface area contributed by atoms with Crippen molar-refractivity contribution < 1.29 is 0 Å². The van der Waals surface area contributed by atoms with Crippen molar-refractivity contribution in [3.8, 4) is 0 Å². The van der Waals surface area contributed by atoms with E-state index in [0.29, 0.717) is 11.7 Å². The van der Waals surface area contributed by atoms with Crippen molar-refractivity contribution in [3.05, 3.63) is 58.9 Å². The van der Waals surface area contributed by atoms with Crippen LogP contribution in [0.1, 0.15) is 5.56 Å². The molecule has 0 aromatic carbocycles. The Bertz CT molecular complexity index is 530. The molecule has 0 amide bonds. The zero-order valence-corrected chi connectivity index (χ0v) is 9.30. The lowest BCUT2D eigenvalue weighted by atomic mass is 10.3. The summed E-state index contributed by atoms with van der Waals surface area (Å²) in [6.45, 7) is 0.668. The van der Waals surface area contributed by atoms with E-state index in [4.69, 9.17) is 17.4 Å². The van der Waals surface area contributed by atoms with Gasteiger partial charge in [-0.15, -0.1) is 0 Å². The van der Waals surface area contributed by atoms with Gasteiger partial charge in [0, 0.05) is 12.4 Å². The Morgan fingerprint density at radius 1 is 1.31 bits per heavy atom. The highest BCUT2D eigenvalue weighted by Gasteiger charge is 1.96. The Balaban J connectivity index is 2.31. The molecule has 0 atom stereocenters. The van der Waals surface area contributed by atoms with E-state index in [-0.39, 0.29) is 0 Å². The quantitative estimate of drug-likeness (QED) is 0.485. The van der Waals surface area contributed by atoms with Crippen LogP contribution in [0, 0.1) is 0 Å². The highest BCUT2D eigenvalue weighted by atomic mass is 35.5. The second-order valence-electron chi connectivity index (χ2n) is 3.31. The lowest BCUT2D eigenvalue weighted by Crippen LogP contribution is -2.21. The molecule has 0 spiro atoms. The number of nitrogens with zero attached hydrogens (tertiary/aromatic N) is 3. The van der Waals surface area contributed by atoms with Crippen LogP contribution in [0.15, 0.2) is 47.8 Å². The average Bonchev–Trinajstić information content (AvgIpc) is 2.33. The fourth-order valence-electron chi connectivity index (χ4n) is 1.41. The van der Waals surface area contributed by atoms with Gasteiger partial charge in [0.05, 0.1) is 6.54 Å². The molecule has 2 heterocycles. The molecule has 0 fully saturated rings. The van der Waals surface area contributed by atoms with Crippen molar-refractivity contribution in [1.29, 1.82) is 0 Å². The number of nitrogens with two attached hydrogens (primary N) is 1. The van der Waals surface area contributed by atoms with Gasteiger partial charge in [-0.1, -0.05) is 23.7 Å². The van der Waals surface area contributed by atoms with Crippen LogP contribution in [0.3, 0.4) is 0 Å². The van der Waals surface area contributed by atoms with E-state index in [1.54, 1.807) is 12.3 Å². The van der Waals surface area contributed by atoms with E-state index in [1.165, 1.54) is 0 Å². The first kappa shape index (κ1) is 10.7. The topological polar surface area (TPSA) is 56.2 Å². The summed E-state index contributed by atoms with van der Waals surface area (Å²) in [5.74, 6) is 5.30. The zero-order chi connectivity index (χ0) is 11.4. The van der Waals surface area contributed by atoms with Crippen LogP contribution in [-0.2, 0) is 6.54 Å². The maximum Gasteiger partial charge on any atom is 0.152 e. The summed E-state index contributed by atoms with van der Waals surface area (Å²) < 4.78 is 1.94. The summed E-state index contributed by atoms with van der Waals surface area (Å²) in [5.41, 5.74) is 1.77. The molecule has 2 aromatic rings. The molecule has 0 aliphatic heterocycles. The molecule has 2 rings (SSSR count). The second kappa shape index (κ2) is 4.81. The summed E-state index contributed by atoms with van der Waals surface area (Å²) in [6.07, 6.45) is 3.66. The summed E-state index contributed by atoms with van der Waals surface area (Å²) in [4.78, 5) is 4.02. The minimum atomic E-state index is 0.491. The maximum atomic E-state index is 5.72. The number of hydrogen-bond acceptors (Lipinski definition) is 3. The zero-order valence-electron chi connectivity index (χ0n) is 8.55. The SMILES string of the molecule is NN=c1ccccn1Cc1ccc(Cl)nc1. The van der Waals surface area contributed by atoms with Crippen molar-refractivity contribution in [2.24, 2.45) is 10.9 Å². The molecule has 0 unspecified atom stereocenters. The Labute approximate surface area is 98.0 Å². The largest absolute Gasteiger partial charge is 0.327 e. The summed E-state index contributed by atoms with van der Waals surface area (Å²) >= 11 is 5.72. The molecule has 0 aliphatic rings. The summed E-state index contributed by atoms with van der Waals surface area (Å²) in [6, 6.07) is 9.36. The highest BCUT2D eigenvalue weighted by molar-refractivity contribution is 6.29.